The van der Waals surface area contributed by atoms with Crippen molar-refractivity contribution < 1.29 is 0 Å². The number of nitrogens with zero attached hydrogens (tertiary/aromatic N) is 3. The Kier molecular flexibility index (Phi) is 4.81. The highest BCUT2D eigenvalue weighted by Crippen LogP contribution is 2.06. The van der Waals surface area contributed by atoms with E-state index in [0.717, 1.165) is 14.7 Å². The van der Waals surface area contributed by atoms with Crippen LogP contribution in [0.2, 0.25) is 0 Å². The molecule has 0 radical (unpaired) electrons. The van der Waals surface area contributed by atoms with Gasteiger partial charge in [0.25, 0.3) is 0 Å². The molecule has 2 rings (SSSR count). The minimum Gasteiger partial charge on any atom is -0.192 e. The summed E-state index contributed by atoms with van der Waals surface area (Å²) in [5, 5.41) is 16.7. The molecule has 92 valence electrons. The molecule has 2 aromatic rings. The van der Waals surface area contributed by atoms with Gasteiger partial charge in [0.1, 0.15) is 0 Å². The molecule has 0 spiro atoms. The molecule has 19 heavy (non-hydrogen) atoms. The van der Waals surface area contributed by atoms with Crippen molar-refractivity contribution >= 4 is 35.0 Å². The van der Waals surface area contributed by atoms with E-state index in [4.69, 9.17) is 5.26 Å². The third-order valence-electron chi connectivity index (χ3n) is 2.37. The Morgan fingerprint density at radius 1 is 0.947 bits per heavy atom. The predicted octanol–water partition coefficient (Wildman–Crippen LogP) is 3.62. The van der Waals surface area contributed by atoms with Crippen molar-refractivity contribution in [2.24, 2.45) is 10.2 Å². The molecule has 0 aromatic heterocycles. The fourth-order valence-corrected chi connectivity index (χ4v) is 2.00. The minimum atomic E-state index is 0.638. The Balaban J connectivity index is 2.01. The van der Waals surface area contributed by atoms with Crippen LogP contribution in [0.3, 0.4) is 0 Å². The van der Waals surface area contributed by atoms with Gasteiger partial charge in [-0.25, -0.2) is 0 Å². The highest BCUT2D eigenvalue weighted by atomic mass is 127. The van der Waals surface area contributed by atoms with E-state index >= 15 is 0 Å². The maximum Gasteiger partial charge on any atom is 0.0991 e. The van der Waals surface area contributed by atoms with E-state index in [-0.39, 0.29) is 0 Å². The van der Waals surface area contributed by atoms with Gasteiger partial charge in [0, 0.05) is 3.57 Å². The van der Waals surface area contributed by atoms with E-state index in [0.29, 0.717) is 5.56 Å². The molecule has 0 saturated carbocycles. The Labute approximate surface area is 125 Å². The van der Waals surface area contributed by atoms with E-state index in [1.807, 2.05) is 36.4 Å². The van der Waals surface area contributed by atoms with Crippen LogP contribution in [0.1, 0.15) is 16.7 Å². The predicted molar refractivity (Wildman–Crippen MR) is 85.5 cm³/mol. The first-order valence-electron chi connectivity index (χ1n) is 5.60. The van der Waals surface area contributed by atoms with Crippen molar-refractivity contribution in [3.63, 3.8) is 0 Å². The molecular weight excluding hydrogens is 349 g/mol. The van der Waals surface area contributed by atoms with Crippen LogP contribution in [-0.2, 0) is 0 Å². The third kappa shape index (κ3) is 4.30. The molecule has 0 unspecified atom stereocenters. The topological polar surface area (TPSA) is 48.5 Å². The summed E-state index contributed by atoms with van der Waals surface area (Å²) in [5.74, 6) is 0. The summed E-state index contributed by atoms with van der Waals surface area (Å²) in [7, 11) is 0. The summed E-state index contributed by atoms with van der Waals surface area (Å²) in [6.45, 7) is 0. The van der Waals surface area contributed by atoms with Crippen LogP contribution in [0.4, 0.5) is 0 Å². The Bertz CT molecular complexity index is 652. The number of nitriles is 1. The second-order valence-corrected chi connectivity index (χ2v) is 5.02. The first-order chi connectivity index (χ1) is 9.28. The average molecular weight is 359 g/mol. The number of benzene rings is 2. The monoisotopic (exact) mass is 359 g/mol. The van der Waals surface area contributed by atoms with Crippen molar-refractivity contribution in [2.75, 3.05) is 0 Å². The molecule has 0 aliphatic heterocycles. The molecule has 0 aliphatic carbocycles. The van der Waals surface area contributed by atoms with Crippen LogP contribution < -0.4 is 0 Å². The Morgan fingerprint density at radius 2 is 1.63 bits per heavy atom. The lowest BCUT2D eigenvalue weighted by molar-refractivity contribution is 1.26. The highest BCUT2D eigenvalue weighted by Gasteiger charge is 1.90. The molecule has 2 aromatic carbocycles. The van der Waals surface area contributed by atoms with Gasteiger partial charge in [0.15, 0.2) is 0 Å². The number of halogens is 1. The van der Waals surface area contributed by atoms with Gasteiger partial charge < -0.3 is 0 Å². The summed E-state index contributed by atoms with van der Waals surface area (Å²) in [4.78, 5) is 0. The largest absolute Gasteiger partial charge is 0.192 e. The van der Waals surface area contributed by atoms with Crippen LogP contribution in [0, 0.1) is 14.9 Å². The van der Waals surface area contributed by atoms with Crippen LogP contribution in [0.5, 0.6) is 0 Å². The Hall–Kier alpha value is -2.00. The van der Waals surface area contributed by atoms with Crippen molar-refractivity contribution in [1.29, 1.82) is 5.26 Å². The molecule has 0 fully saturated rings. The zero-order valence-electron chi connectivity index (χ0n) is 9.99. The fourth-order valence-electron chi connectivity index (χ4n) is 1.43. The smallest absolute Gasteiger partial charge is 0.0991 e. The van der Waals surface area contributed by atoms with Gasteiger partial charge in [0.05, 0.1) is 24.1 Å². The highest BCUT2D eigenvalue weighted by molar-refractivity contribution is 14.1. The molecular formula is C15H10IN3. The number of rotatable bonds is 3. The van der Waals surface area contributed by atoms with Crippen LogP contribution in [-0.4, -0.2) is 12.4 Å². The van der Waals surface area contributed by atoms with E-state index in [2.05, 4.69) is 38.9 Å². The standard InChI is InChI=1S/C15H10IN3/c16-15-3-1-2-14(8-15)11-19-18-10-13-6-4-12(9-17)5-7-13/h1-8,10-11H/b18-10-,19-11-. The van der Waals surface area contributed by atoms with Crippen molar-refractivity contribution in [3.05, 3.63) is 68.8 Å². The fraction of sp³-hybridized carbons (Fsp3) is 0. The molecule has 0 saturated heterocycles. The van der Waals surface area contributed by atoms with Gasteiger partial charge in [0.2, 0.25) is 0 Å². The van der Waals surface area contributed by atoms with Gasteiger partial charge in [-0.1, -0.05) is 24.3 Å². The summed E-state index contributed by atoms with van der Waals surface area (Å²) in [6, 6.07) is 17.3. The van der Waals surface area contributed by atoms with E-state index in [1.165, 1.54) is 0 Å². The molecule has 0 N–H and O–H groups in total. The second-order valence-electron chi connectivity index (χ2n) is 3.78. The van der Waals surface area contributed by atoms with Crippen molar-refractivity contribution in [3.8, 4) is 6.07 Å². The lowest BCUT2D eigenvalue weighted by Crippen LogP contribution is -1.82. The summed E-state index contributed by atoms with van der Waals surface area (Å²) >= 11 is 2.26. The van der Waals surface area contributed by atoms with Gasteiger partial charge in [-0.2, -0.15) is 15.5 Å². The summed E-state index contributed by atoms with van der Waals surface area (Å²) in [5.41, 5.74) is 2.57. The Morgan fingerprint density at radius 3 is 2.26 bits per heavy atom. The van der Waals surface area contributed by atoms with Gasteiger partial charge in [-0.3, -0.25) is 0 Å². The van der Waals surface area contributed by atoms with Gasteiger partial charge in [-0.05, 0) is 58.0 Å². The lowest BCUT2D eigenvalue weighted by atomic mass is 10.2. The second kappa shape index (κ2) is 6.81. The molecule has 4 heteroatoms. The minimum absolute atomic E-state index is 0.638. The lowest BCUT2D eigenvalue weighted by Gasteiger charge is -1.92. The third-order valence-corrected chi connectivity index (χ3v) is 3.04. The first kappa shape index (κ1) is 13.4. The van der Waals surface area contributed by atoms with Crippen LogP contribution in [0.15, 0.2) is 58.7 Å². The van der Waals surface area contributed by atoms with Crippen LogP contribution >= 0.6 is 22.6 Å². The normalized spacial score (nSPS) is 10.9. The number of hydrogen-bond acceptors (Lipinski definition) is 3. The SMILES string of the molecule is N#Cc1ccc(/C=N\N=C/c2cccc(I)c2)cc1. The molecule has 0 aliphatic rings. The quantitative estimate of drug-likeness (QED) is 0.469. The van der Waals surface area contributed by atoms with E-state index in [9.17, 15) is 0 Å². The molecule has 0 atom stereocenters. The van der Waals surface area contributed by atoms with Crippen LogP contribution in [0.25, 0.3) is 0 Å². The van der Waals surface area contributed by atoms with Gasteiger partial charge >= 0.3 is 0 Å². The molecule has 3 nitrogen and oxygen atoms in total. The first-order valence-corrected chi connectivity index (χ1v) is 6.68. The van der Waals surface area contributed by atoms with Crippen molar-refractivity contribution in [1.82, 2.24) is 0 Å². The maximum atomic E-state index is 8.68. The maximum absolute atomic E-state index is 8.68. The van der Waals surface area contributed by atoms with Gasteiger partial charge in [-0.15, -0.1) is 0 Å². The molecule has 0 amide bonds. The zero-order valence-corrected chi connectivity index (χ0v) is 12.2. The molecule has 0 heterocycles. The van der Waals surface area contributed by atoms with Crippen molar-refractivity contribution in [2.45, 2.75) is 0 Å². The summed E-state index contributed by atoms with van der Waals surface area (Å²) in [6.07, 6.45) is 3.37. The van der Waals surface area contributed by atoms with E-state index < -0.39 is 0 Å². The van der Waals surface area contributed by atoms with E-state index in [1.54, 1.807) is 24.6 Å². The summed E-state index contributed by atoms with van der Waals surface area (Å²) < 4.78 is 1.16. The average Bonchev–Trinajstić information content (AvgIpc) is 2.44. The number of hydrogen-bond donors (Lipinski definition) is 0. The molecule has 0 bridgehead atoms. The zero-order chi connectivity index (χ0) is 13.5.